The Balaban J connectivity index is 2.48. The lowest BCUT2D eigenvalue weighted by Crippen LogP contribution is -1.89. The molecule has 2 aromatic rings. The van der Waals surface area contributed by atoms with Crippen molar-refractivity contribution in [1.82, 2.24) is 4.98 Å². The van der Waals surface area contributed by atoms with E-state index in [1.807, 2.05) is 30.3 Å². The van der Waals surface area contributed by atoms with Gasteiger partial charge in [0.1, 0.15) is 0 Å². The van der Waals surface area contributed by atoms with E-state index >= 15 is 0 Å². The third kappa shape index (κ3) is 1.62. The summed E-state index contributed by atoms with van der Waals surface area (Å²) in [6, 6.07) is 10.3. The molecule has 70 valence electrons. The van der Waals surface area contributed by atoms with Crippen molar-refractivity contribution in [3.63, 3.8) is 0 Å². The molecule has 1 aromatic heterocycles. The highest BCUT2D eigenvalue weighted by Crippen LogP contribution is 2.19. The first-order valence-corrected chi connectivity index (χ1v) is 4.14. The molecule has 0 spiro atoms. The summed E-state index contributed by atoms with van der Waals surface area (Å²) in [6.45, 7) is 0. The van der Waals surface area contributed by atoms with Gasteiger partial charge in [-0.15, -0.1) is 0 Å². The van der Waals surface area contributed by atoms with Gasteiger partial charge in [-0.3, -0.25) is 0 Å². The summed E-state index contributed by atoms with van der Waals surface area (Å²) in [4.78, 5) is 3.31. The molecule has 1 aromatic carbocycles. The van der Waals surface area contributed by atoms with E-state index in [0.29, 0.717) is 5.56 Å². The zero-order valence-electron chi connectivity index (χ0n) is 7.24. The molecule has 0 saturated carbocycles. The van der Waals surface area contributed by atoms with Crippen LogP contribution in [0.25, 0.3) is 11.1 Å². The maximum absolute atomic E-state index is 12.8. The Bertz CT molecular complexity index is 440. The highest BCUT2D eigenvalue weighted by atomic mass is 19.2. The SMILES string of the molecule is Fc1cc(-c2ccccc2)cnc1F. The molecule has 0 radical (unpaired) electrons. The van der Waals surface area contributed by atoms with Crippen LogP contribution < -0.4 is 0 Å². The highest BCUT2D eigenvalue weighted by Gasteiger charge is 2.04. The van der Waals surface area contributed by atoms with E-state index < -0.39 is 11.8 Å². The molecule has 0 aliphatic carbocycles. The minimum atomic E-state index is -1.07. The highest BCUT2D eigenvalue weighted by molar-refractivity contribution is 5.61. The van der Waals surface area contributed by atoms with Gasteiger partial charge in [0.15, 0.2) is 5.82 Å². The fourth-order valence-corrected chi connectivity index (χ4v) is 1.21. The number of hydrogen-bond acceptors (Lipinski definition) is 1. The second-order valence-electron chi connectivity index (χ2n) is 2.86. The van der Waals surface area contributed by atoms with Crippen molar-refractivity contribution >= 4 is 0 Å². The number of halogens is 2. The lowest BCUT2D eigenvalue weighted by Gasteiger charge is -2.00. The number of nitrogens with zero attached hydrogens (tertiary/aromatic N) is 1. The van der Waals surface area contributed by atoms with Gasteiger partial charge < -0.3 is 0 Å². The first-order valence-electron chi connectivity index (χ1n) is 4.14. The first kappa shape index (κ1) is 8.81. The Morgan fingerprint density at radius 2 is 1.64 bits per heavy atom. The predicted molar refractivity (Wildman–Crippen MR) is 49.6 cm³/mol. The standard InChI is InChI=1S/C11H7F2N/c12-10-6-9(7-14-11(10)13)8-4-2-1-3-5-8/h1-7H. The molecule has 14 heavy (non-hydrogen) atoms. The molecular weight excluding hydrogens is 184 g/mol. The Kier molecular flexibility index (Phi) is 2.23. The Morgan fingerprint density at radius 3 is 2.29 bits per heavy atom. The van der Waals surface area contributed by atoms with Crippen molar-refractivity contribution in [3.8, 4) is 11.1 Å². The number of aromatic nitrogens is 1. The van der Waals surface area contributed by atoms with Gasteiger partial charge in [-0.2, -0.15) is 4.39 Å². The predicted octanol–water partition coefficient (Wildman–Crippen LogP) is 3.03. The molecule has 0 saturated heterocycles. The zero-order chi connectivity index (χ0) is 9.97. The number of pyridine rings is 1. The largest absolute Gasteiger partial charge is 0.248 e. The van der Waals surface area contributed by atoms with Crippen LogP contribution >= 0.6 is 0 Å². The average Bonchev–Trinajstić information content (AvgIpc) is 2.23. The van der Waals surface area contributed by atoms with Crippen molar-refractivity contribution in [2.24, 2.45) is 0 Å². The molecule has 0 fully saturated rings. The van der Waals surface area contributed by atoms with Gasteiger partial charge in [0.05, 0.1) is 0 Å². The number of rotatable bonds is 1. The Labute approximate surface area is 80.0 Å². The smallest absolute Gasteiger partial charge is 0.225 e. The van der Waals surface area contributed by atoms with Gasteiger partial charge in [-0.25, -0.2) is 9.37 Å². The van der Waals surface area contributed by atoms with E-state index in [-0.39, 0.29) is 0 Å². The van der Waals surface area contributed by atoms with Crippen molar-refractivity contribution in [1.29, 1.82) is 0 Å². The summed E-state index contributed by atoms with van der Waals surface area (Å²) < 4.78 is 25.4. The minimum Gasteiger partial charge on any atom is -0.225 e. The van der Waals surface area contributed by atoms with Crippen LogP contribution in [0.15, 0.2) is 42.6 Å². The first-order chi connectivity index (χ1) is 6.77. The lowest BCUT2D eigenvalue weighted by atomic mass is 10.1. The normalized spacial score (nSPS) is 10.1. The quantitative estimate of drug-likeness (QED) is 0.631. The van der Waals surface area contributed by atoms with Crippen LogP contribution in [-0.2, 0) is 0 Å². The summed E-state index contributed by atoms with van der Waals surface area (Å²) in [5.74, 6) is -1.99. The molecule has 1 heterocycles. The molecule has 2 rings (SSSR count). The van der Waals surface area contributed by atoms with Crippen LogP contribution in [0.4, 0.5) is 8.78 Å². The van der Waals surface area contributed by atoms with Crippen molar-refractivity contribution in [3.05, 3.63) is 54.4 Å². The van der Waals surface area contributed by atoms with Gasteiger partial charge >= 0.3 is 0 Å². The van der Waals surface area contributed by atoms with Crippen LogP contribution in [0.3, 0.4) is 0 Å². The fourth-order valence-electron chi connectivity index (χ4n) is 1.21. The van der Waals surface area contributed by atoms with Gasteiger partial charge in [-0.1, -0.05) is 30.3 Å². The van der Waals surface area contributed by atoms with Crippen LogP contribution in [0.5, 0.6) is 0 Å². The summed E-state index contributed by atoms with van der Waals surface area (Å²) in [7, 11) is 0. The maximum atomic E-state index is 12.8. The topological polar surface area (TPSA) is 12.9 Å². The van der Waals surface area contributed by atoms with E-state index in [0.717, 1.165) is 11.6 Å². The van der Waals surface area contributed by atoms with Crippen LogP contribution in [0, 0.1) is 11.8 Å². The molecule has 1 nitrogen and oxygen atoms in total. The number of benzene rings is 1. The molecule has 0 bridgehead atoms. The maximum Gasteiger partial charge on any atom is 0.248 e. The molecule has 0 aliphatic rings. The van der Waals surface area contributed by atoms with E-state index in [4.69, 9.17) is 0 Å². The molecule has 0 aliphatic heterocycles. The molecule has 0 amide bonds. The fraction of sp³-hybridized carbons (Fsp3) is 0. The van der Waals surface area contributed by atoms with Crippen molar-refractivity contribution in [2.45, 2.75) is 0 Å². The van der Waals surface area contributed by atoms with E-state index in [1.165, 1.54) is 6.20 Å². The third-order valence-electron chi connectivity index (χ3n) is 1.90. The molecule has 0 unspecified atom stereocenters. The van der Waals surface area contributed by atoms with Gasteiger partial charge in [0.2, 0.25) is 5.95 Å². The second kappa shape index (κ2) is 3.54. The minimum absolute atomic E-state index is 0.574. The van der Waals surface area contributed by atoms with Crippen molar-refractivity contribution in [2.75, 3.05) is 0 Å². The zero-order valence-corrected chi connectivity index (χ0v) is 7.24. The number of hydrogen-bond donors (Lipinski definition) is 0. The molecule has 0 N–H and O–H groups in total. The monoisotopic (exact) mass is 191 g/mol. The Hall–Kier alpha value is -1.77. The van der Waals surface area contributed by atoms with Gasteiger partial charge in [-0.05, 0) is 11.6 Å². The Morgan fingerprint density at radius 1 is 0.929 bits per heavy atom. The van der Waals surface area contributed by atoms with Crippen molar-refractivity contribution < 1.29 is 8.78 Å². The van der Waals surface area contributed by atoms with Crippen LogP contribution in [-0.4, -0.2) is 4.98 Å². The lowest BCUT2D eigenvalue weighted by molar-refractivity contribution is 0.480. The van der Waals surface area contributed by atoms with E-state index in [1.54, 1.807) is 0 Å². The summed E-state index contributed by atoms with van der Waals surface area (Å²) in [5, 5.41) is 0. The van der Waals surface area contributed by atoms with E-state index in [2.05, 4.69) is 4.98 Å². The van der Waals surface area contributed by atoms with Crippen LogP contribution in [0.1, 0.15) is 0 Å². The summed E-state index contributed by atoms with van der Waals surface area (Å²) >= 11 is 0. The van der Waals surface area contributed by atoms with Gasteiger partial charge in [0, 0.05) is 11.8 Å². The molecule has 0 atom stereocenters. The summed E-state index contributed by atoms with van der Waals surface area (Å²) in [5.41, 5.74) is 1.39. The van der Waals surface area contributed by atoms with E-state index in [9.17, 15) is 8.78 Å². The second-order valence-corrected chi connectivity index (χ2v) is 2.86. The van der Waals surface area contributed by atoms with Crippen LogP contribution in [0.2, 0.25) is 0 Å². The van der Waals surface area contributed by atoms with Gasteiger partial charge in [0.25, 0.3) is 0 Å². The molecular formula is C11H7F2N. The summed E-state index contributed by atoms with van der Waals surface area (Å²) in [6.07, 6.45) is 1.31. The average molecular weight is 191 g/mol. The molecule has 3 heteroatoms. The third-order valence-corrected chi connectivity index (χ3v) is 1.90.